The first kappa shape index (κ1) is 13.5. The Labute approximate surface area is 112 Å². The number of rotatable bonds is 4. The molecule has 0 aliphatic carbocycles. The van der Waals surface area contributed by atoms with Crippen LogP contribution >= 0.6 is 0 Å². The van der Waals surface area contributed by atoms with Crippen LogP contribution in [0.1, 0.15) is 42.0 Å². The van der Waals surface area contributed by atoms with Gasteiger partial charge in [-0.05, 0) is 18.9 Å². The molecular weight excluding hydrogens is 242 g/mol. The molecule has 0 saturated heterocycles. The average Bonchev–Trinajstić information content (AvgIpc) is 2.80. The van der Waals surface area contributed by atoms with Crippen LogP contribution in [-0.4, -0.2) is 35.0 Å². The Balaban J connectivity index is 2.68. The first-order valence-corrected chi connectivity index (χ1v) is 6.58. The minimum Gasteiger partial charge on any atom is -0.345 e. The van der Waals surface area contributed by atoms with E-state index in [1.165, 1.54) is 0 Å². The number of amides is 1. The maximum Gasteiger partial charge on any atom is 0.259 e. The molecule has 2 aromatic rings. The summed E-state index contributed by atoms with van der Waals surface area (Å²) in [5, 5.41) is 4.82. The second kappa shape index (κ2) is 5.38. The smallest absolute Gasteiger partial charge is 0.259 e. The molecular formula is C14H19N3O2. The molecule has 0 aliphatic rings. The predicted molar refractivity (Wildman–Crippen MR) is 73.2 cm³/mol. The Bertz CT molecular complexity index is 602. The van der Waals surface area contributed by atoms with Gasteiger partial charge in [0.05, 0.1) is 16.6 Å². The summed E-state index contributed by atoms with van der Waals surface area (Å²) in [6, 6.07) is 1.85. The Morgan fingerprint density at radius 3 is 2.68 bits per heavy atom. The molecule has 0 aliphatic heterocycles. The van der Waals surface area contributed by atoms with Crippen LogP contribution in [0.2, 0.25) is 0 Å². The van der Waals surface area contributed by atoms with Crippen LogP contribution in [0.3, 0.4) is 0 Å². The molecule has 0 unspecified atom stereocenters. The first-order chi connectivity index (χ1) is 9.08. The van der Waals surface area contributed by atoms with Crippen LogP contribution in [-0.2, 0) is 12.8 Å². The van der Waals surface area contributed by atoms with E-state index in [9.17, 15) is 4.79 Å². The second-order valence-electron chi connectivity index (χ2n) is 4.77. The summed E-state index contributed by atoms with van der Waals surface area (Å²) >= 11 is 0. The van der Waals surface area contributed by atoms with Crippen LogP contribution < -0.4 is 0 Å². The molecule has 0 atom stereocenters. The molecule has 5 heteroatoms. The molecule has 2 heterocycles. The zero-order chi connectivity index (χ0) is 14.0. The number of nitrogens with zero attached hydrogens (tertiary/aromatic N) is 3. The van der Waals surface area contributed by atoms with E-state index < -0.39 is 0 Å². The van der Waals surface area contributed by atoms with Gasteiger partial charge in [-0.15, -0.1) is 0 Å². The molecule has 0 aromatic carbocycles. The van der Waals surface area contributed by atoms with Crippen molar-refractivity contribution in [1.29, 1.82) is 0 Å². The van der Waals surface area contributed by atoms with Gasteiger partial charge in [0.2, 0.25) is 0 Å². The normalized spacial score (nSPS) is 10.9. The number of aromatic nitrogens is 2. The molecule has 0 saturated carbocycles. The monoisotopic (exact) mass is 261 g/mol. The maximum absolute atomic E-state index is 12.3. The fraction of sp³-hybridized carbons (Fsp3) is 0.500. The van der Waals surface area contributed by atoms with E-state index in [2.05, 4.69) is 17.1 Å². The van der Waals surface area contributed by atoms with Crippen molar-refractivity contribution in [3.05, 3.63) is 23.0 Å². The topological polar surface area (TPSA) is 59.2 Å². The third-order valence-electron chi connectivity index (χ3n) is 3.06. The highest BCUT2D eigenvalue weighted by molar-refractivity contribution is 6.05. The van der Waals surface area contributed by atoms with E-state index in [1.807, 2.05) is 13.0 Å². The number of carbonyl (C=O) groups excluding carboxylic acids is 1. The van der Waals surface area contributed by atoms with Crippen molar-refractivity contribution in [3.8, 4) is 0 Å². The lowest BCUT2D eigenvalue weighted by molar-refractivity contribution is 0.0829. The van der Waals surface area contributed by atoms with Crippen molar-refractivity contribution >= 4 is 17.0 Å². The zero-order valence-electron chi connectivity index (χ0n) is 11.9. The van der Waals surface area contributed by atoms with Gasteiger partial charge < -0.3 is 9.42 Å². The molecule has 0 bridgehead atoms. The fourth-order valence-electron chi connectivity index (χ4n) is 2.06. The minimum absolute atomic E-state index is 0.0392. The summed E-state index contributed by atoms with van der Waals surface area (Å²) in [7, 11) is 3.49. The number of hydrogen-bond acceptors (Lipinski definition) is 4. The number of carbonyl (C=O) groups is 1. The lowest BCUT2D eigenvalue weighted by atomic mass is 10.1. The molecule has 0 spiro atoms. The molecule has 5 nitrogen and oxygen atoms in total. The Hall–Kier alpha value is -1.91. The van der Waals surface area contributed by atoms with Crippen LogP contribution in [0.4, 0.5) is 0 Å². The van der Waals surface area contributed by atoms with Gasteiger partial charge in [0, 0.05) is 19.8 Å². The molecule has 2 rings (SSSR count). The summed E-state index contributed by atoms with van der Waals surface area (Å²) in [6.07, 6.45) is 2.49. The summed E-state index contributed by atoms with van der Waals surface area (Å²) in [5.41, 5.74) is 2.76. The number of aryl methyl sites for hydroxylation is 2. The van der Waals surface area contributed by atoms with Crippen LogP contribution in [0.15, 0.2) is 10.6 Å². The summed E-state index contributed by atoms with van der Waals surface area (Å²) in [5.74, 6) is -0.0392. The largest absolute Gasteiger partial charge is 0.345 e. The van der Waals surface area contributed by atoms with Crippen LogP contribution in [0, 0.1) is 0 Å². The Morgan fingerprint density at radius 1 is 1.37 bits per heavy atom. The van der Waals surface area contributed by atoms with E-state index in [0.717, 1.165) is 36.0 Å². The van der Waals surface area contributed by atoms with Crippen molar-refractivity contribution in [2.24, 2.45) is 0 Å². The van der Waals surface area contributed by atoms with E-state index in [1.54, 1.807) is 19.0 Å². The van der Waals surface area contributed by atoms with Crippen molar-refractivity contribution in [3.63, 3.8) is 0 Å². The van der Waals surface area contributed by atoms with E-state index in [-0.39, 0.29) is 5.91 Å². The summed E-state index contributed by atoms with van der Waals surface area (Å²) in [4.78, 5) is 18.3. The predicted octanol–water partition coefficient (Wildman–Crippen LogP) is 2.44. The van der Waals surface area contributed by atoms with Gasteiger partial charge in [-0.25, -0.2) is 4.98 Å². The summed E-state index contributed by atoms with van der Waals surface area (Å²) < 4.78 is 5.28. The van der Waals surface area contributed by atoms with Crippen molar-refractivity contribution in [2.75, 3.05) is 14.1 Å². The fourth-order valence-corrected chi connectivity index (χ4v) is 2.06. The van der Waals surface area contributed by atoms with Gasteiger partial charge in [-0.1, -0.05) is 25.4 Å². The van der Waals surface area contributed by atoms with Gasteiger partial charge in [0.1, 0.15) is 0 Å². The summed E-state index contributed by atoms with van der Waals surface area (Å²) in [6.45, 7) is 4.07. The SMILES string of the molecule is CCCc1noc2nc(CC)cc(C(=O)N(C)C)c12. The van der Waals surface area contributed by atoms with Crippen molar-refractivity contribution in [2.45, 2.75) is 33.1 Å². The number of hydrogen-bond donors (Lipinski definition) is 0. The molecule has 1 amide bonds. The van der Waals surface area contributed by atoms with Gasteiger partial charge in [-0.2, -0.15) is 0 Å². The highest BCUT2D eigenvalue weighted by Gasteiger charge is 2.20. The van der Waals surface area contributed by atoms with Crippen LogP contribution in [0.5, 0.6) is 0 Å². The van der Waals surface area contributed by atoms with Crippen LogP contribution in [0.25, 0.3) is 11.1 Å². The van der Waals surface area contributed by atoms with Gasteiger partial charge in [0.15, 0.2) is 0 Å². The third kappa shape index (κ3) is 2.45. The van der Waals surface area contributed by atoms with E-state index in [0.29, 0.717) is 11.3 Å². The van der Waals surface area contributed by atoms with E-state index in [4.69, 9.17) is 4.52 Å². The molecule has 102 valence electrons. The van der Waals surface area contributed by atoms with Gasteiger partial charge >= 0.3 is 0 Å². The minimum atomic E-state index is -0.0392. The quantitative estimate of drug-likeness (QED) is 0.848. The third-order valence-corrected chi connectivity index (χ3v) is 3.06. The lowest BCUT2D eigenvalue weighted by Gasteiger charge is -2.12. The maximum atomic E-state index is 12.3. The second-order valence-corrected chi connectivity index (χ2v) is 4.77. The van der Waals surface area contributed by atoms with Crippen molar-refractivity contribution < 1.29 is 9.32 Å². The molecule has 19 heavy (non-hydrogen) atoms. The number of fused-ring (bicyclic) bond motifs is 1. The highest BCUT2D eigenvalue weighted by atomic mass is 16.5. The highest BCUT2D eigenvalue weighted by Crippen LogP contribution is 2.24. The van der Waals surface area contributed by atoms with Gasteiger partial charge in [0.25, 0.3) is 11.6 Å². The molecule has 0 radical (unpaired) electrons. The van der Waals surface area contributed by atoms with E-state index >= 15 is 0 Å². The average molecular weight is 261 g/mol. The lowest BCUT2D eigenvalue weighted by Crippen LogP contribution is -2.22. The van der Waals surface area contributed by atoms with Crippen molar-refractivity contribution in [1.82, 2.24) is 15.0 Å². The first-order valence-electron chi connectivity index (χ1n) is 6.58. The zero-order valence-corrected chi connectivity index (χ0v) is 11.9. The Kier molecular flexibility index (Phi) is 3.83. The van der Waals surface area contributed by atoms with Gasteiger partial charge in [-0.3, -0.25) is 4.79 Å². The molecule has 0 N–H and O–H groups in total. The molecule has 0 fully saturated rings. The Morgan fingerprint density at radius 2 is 2.11 bits per heavy atom. The number of pyridine rings is 1. The molecule has 2 aromatic heterocycles. The standard InChI is InChI=1S/C14H19N3O2/c1-5-7-11-12-10(14(18)17(3)4)8-9(6-2)15-13(12)19-16-11/h8H,5-7H2,1-4H3.